The molecule has 0 spiro atoms. The van der Waals surface area contributed by atoms with Gasteiger partial charge in [-0.2, -0.15) is 5.26 Å². The van der Waals surface area contributed by atoms with Gasteiger partial charge in [0.1, 0.15) is 11.8 Å². The number of phenolic OH excluding ortho intramolecular Hbond substituents is 1. The van der Waals surface area contributed by atoms with Crippen LogP contribution in [0.25, 0.3) is 0 Å². The average Bonchev–Trinajstić information content (AvgIpc) is 2.24. The molecule has 1 N–H and O–H groups in total. The number of aromatic hydroxyl groups is 1. The van der Waals surface area contributed by atoms with Crippen molar-refractivity contribution < 1.29 is 14.6 Å². The van der Waals surface area contributed by atoms with Crippen molar-refractivity contribution in [3.05, 3.63) is 26.8 Å². The molecule has 0 bridgehead atoms. The highest BCUT2D eigenvalue weighted by atomic mass is 127. The lowest BCUT2D eigenvalue weighted by atomic mass is 10.0. The fourth-order valence-electron chi connectivity index (χ4n) is 1.26. The van der Waals surface area contributed by atoms with Crippen molar-refractivity contribution in [2.45, 2.75) is 13.3 Å². The van der Waals surface area contributed by atoms with Gasteiger partial charge >= 0.3 is 5.97 Å². The number of halogens is 1. The zero-order chi connectivity index (χ0) is 12.1. The number of nitrogens with zero attached hydrogens (tertiary/aromatic N) is 1. The molecule has 0 atom stereocenters. The summed E-state index contributed by atoms with van der Waals surface area (Å²) >= 11 is 2.02. The molecular formula is C11H10INO3. The fraction of sp³-hybridized carbons (Fsp3) is 0.273. The monoisotopic (exact) mass is 331 g/mol. The van der Waals surface area contributed by atoms with Crippen molar-refractivity contribution in [2.75, 3.05) is 6.61 Å². The van der Waals surface area contributed by atoms with Crippen LogP contribution in [0, 0.1) is 14.9 Å². The number of rotatable bonds is 3. The van der Waals surface area contributed by atoms with Crippen LogP contribution in [-0.4, -0.2) is 17.7 Å². The van der Waals surface area contributed by atoms with E-state index in [-0.39, 0.29) is 17.7 Å². The Balaban J connectivity index is 3.08. The third kappa shape index (κ3) is 2.85. The van der Waals surface area contributed by atoms with Gasteiger partial charge in [-0.1, -0.05) is 0 Å². The lowest BCUT2D eigenvalue weighted by molar-refractivity contribution is -0.142. The van der Waals surface area contributed by atoms with E-state index in [0.717, 1.165) is 3.57 Å². The van der Waals surface area contributed by atoms with Crippen molar-refractivity contribution in [3.63, 3.8) is 0 Å². The number of hydrogen-bond acceptors (Lipinski definition) is 4. The van der Waals surface area contributed by atoms with Crippen LogP contribution in [0.1, 0.15) is 18.1 Å². The van der Waals surface area contributed by atoms with Gasteiger partial charge in [0, 0.05) is 3.57 Å². The molecule has 0 aliphatic rings. The molecule has 0 aliphatic heterocycles. The van der Waals surface area contributed by atoms with Crippen molar-refractivity contribution in [1.82, 2.24) is 0 Å². The van der Waals surface area contributed by atoms with Crippen LogP contribution in [0.3, 0.4) is 0 Å². The van der Waals surface area contributed by atoms with Crippen molar-refractivity contribution in [2.24, 2.45) is 0 Å². The second-order valence-corrected chi connectivity index (χ2v) is 4.18. The number of carbonyl (C=O) groups is 1. The van der Waals surface area contributed by atoms with Crippen LogP contribution in [-0.2, 0) is 16.0 Å². The molecule has 16 heavy (non-hydrogen) atoms. The quantitative estimate of drug-likeness (QED) is 0.679. The van der Waals surface area contributed by atoms with E-state index in [0.29, 0.717) is 12.2 Å². The number of nitriles is 1. The van der Waals surface area contributed by atoms with E-state index in [1.54, 1.807) is 13.0 Å². The zero-order valence-electron chi connectivity index (χ0n) is 8.66. The van der Waals surface area contributed by atoms with Crippen LogP contribution < -0.4 is 0 Å². The highest BCUT2D eigenvalue weighted by Crippen LogP contribution is 2.25. The van der Waals surface area contributed by atoms with E-state index in [1.165, 1.54) is 6.07 Å². The van der Waals surface area contributed by atoms with E-state index < -0.39 is 5.97 Å². The molecule has 0 aliphatic carbocycles. The summed E-state index contributed by atoms with van der Waals surface area (Å²) in [5.74, 6) is -0.510. The molecule has 1 aromatic rings. The van der Waals surface area contributed by atoms with Crippen molar-refractivity contribution >= 4 is 28.6 Å². The van der Waals surface area contributed by atoms with Gasteiger partial charge in [0.15, 0.2) is 0 Å². The van der Waals surface area contributed by atoms with Crippen LogP contribution in [0.2, 0.25) is 0 Å². The molecule has 0 heterocycles. The van der Waals surface area contributed by atoms with Crippen molar-refractivity contribution in [3.8, 4) is 11.8 Å². The number of carbonyl (C=O) groups excluding carboxylic acids is 1. The maximum Gasteiger partial charge on any atom is 0.310 e. The lowest BCUT2D eigenvalue weighted by Gasteiger charge is -2.07. The normalized spacial score (nSPS) is 9.56. The Hall–Kier alpha value is -1.29. The third-order valence-corrected chi connectivity index (χ3v) is 2.98. The molecule has 0 saturated heterocycles. The van der Waals surface area contributed by atoms with Gasteiger partial charge in [0.05, 0.1) is 18.6 Å². The van der Waals surface area contributed by atoms with E-state index in [1.807, 2.05) is 28.7 Å². The van der Waals surface area contributed by atoms with Gasteiger partial charge in [-0.15, -0.1) is 0 Å². The van der Waals surface area contributed by atoms with Crippen LogP contribution in [0.5, 0.6) is 5.75 Å². The number of benzene rings is 1. The average molecular weight is 331 g/mol. The third-order valence-electron chi connectivity index (χ3n) is 1.97. The molecule has 0 amide bonds. The molecule has 0 fully saturated rings. The summed E-state index contributed by atoms with van der Waals surface area (Å²) < 4.78 is 5.57. The minimum absolute atomic E-state index is 0.00338. The maximum atomic E-state index is 11.3. The minimum atomic E-state index is -0.400. The first kappa shape index (κ1) is 12.8. The summed E-state index contributed by atoms with van der Waals surface area (Å²) in [6, 6.07) is 4.99. The van der Waals surface area contributed by atoms with Gasteiger partial charge < -0.3 is 9.84 Å². The Bertz CT molecular complexity index is 451. The predicted molar refractivity (Wildman–Crippen MR) is 65.9 cm³/mol. The van der Waals surface area contributed by atoms with Crippen LogP contribution in [0.4, 0.5) is 0 Å². The van der Waals surface area contributed by atoms with E-state index in [2.05, 4.69) is 0 Å². The summed E-state index contributed by atoms with van der Waals surface area (Å²) in [7, 11) is 0. The Morgan fingerprint density at radius 2 is 2.31 bits per heavy atom. The Morgan fingerprint density at radius 3 is 2.88 bits per heavy atom. The number of phenols is 1. The number of ether oxygens (including phenoxy) is 1. The van der Waals surface area contributed by atoms with Crippen LogP contribution >= 0.6 is 22.6 Å². The minimum Gasteiger partial charge on any atom is -0.507 e. The van der Waals surface area contributed by atoms with Gasteiger partial charge in [0.2, 0.25) is 0 Å². The van der Waals surface area contributed by atoms with E-state index >= 15 is 0 Å². The van der Waals surface area contributed by atoms with Gasteiger partial charge in [-0.25, -0.2) is 0 Å². The number of hydrogen-bond donors (Lipinski definition) is 1. The Kier molecular flexibility index (Phi) is 4.55. The SMILES string of the molecule is CCOC(=O)Cc1c(I)ccc(O)c1C#N. The molecular weight excluding hydrogens is 321 g/mol. The molecule has 5 heteroatoms. The smallest absolute Gasteiger partial charge is 0.310 e. The Morgan fingerprint density at radius 1 is 1.62 bits per heavy atom. The highest BCUT2D eigenvalue weighted by molar-refractivity contribution is 14.1. The second-order valence-electron chi connectivity index (χ2n) is 3.01. The standard InChI is InChI=1S/C11H10INO3/c1-2-16-11(15)5-7-8(6-13)10(14)4-3-9(7)12/h3-4,14H,2,5H2,1H3. The first-order valence-corrected chi connectivity index (χ1v) is 5.74. The lowest BCUT2D eigenvalue weighted by Crippen LogP contribution is -2.10. The van der Waals surface area contributed by atoms with Crippen molar-refractivity contribution in [1.29, 1.82) is 5.26 Å². The molecule has 1 rings (SSSR count). The largest absolute Gasteiger partial charge is 0.507 e. The van der Waals surface area contributed by atoms with Gasteiger partial charge in [0.25, 0.3) is 0 Å². The molecule has 1 aromatic carbocycles. The molecule has 0 radical (unpaired) electrons. The topological polar surface area (TPSA) is 70.3 Å². The summed E-state index contributed by atoms with van der Waals surface area (Å²) in [4.78, 5) is 11.3. The summed E-state index contributed by atoms with van der Waals surface area (Å²) in [6.45, 7) is 2.02. The summed E-state index contributed by atoms with van der Waals surface area (Å²) in [5.41, 5.74) is 0.654. The Labute approximate surface area is 107 Å². The van der Waals surface area contributed by atoms with E-state index in [4.69, 9.17) is 10.00 Å². The number of esters is 1. The highest BCUT2D eigenvalue weighted by Gasteiger charge is 2.15. The first-order chi connectivity index (χ1) is 7.60. The van der Waals surface area contributed by atoms with Crippen LogP contribution in [0.15, 0.2) is 12.1 Å². The molecule has 4 nitrogen and oxygen atoms in total. The molecule has 0 unspecified atom stereocenters. The van der Waals surface area contributed by atoms with Gasteiger partial charge in [-0.3, -0.25) is 4.79 Å². The zero-order valence-corrected chi connectivity index (χ0v) is 10.8. The summed E-state index contributed by atoms with van der Waals surface area (Å²) in [5, 5.41) is 18.4. The molecule has 0 saturated carbocycles. The maximum absolute atomic E-state index is 11.3. The second kappa shape index (κ2) is 5.70. The molecule has 84 valence electrons. The summed E-state index contributed by atoms with van der Waals surface area (Å²) in [6.07, 6.45) is 0.00338. The fourth-order valence-corrected chi connectivity index (χ4v) is 1.90. The van der Waals surface area contributed by atoms with Gasteiger partial charge in [-0.05, 0) is 47.2 Å². The molecule has 0 aromatic heterocycles. The van der Waals surface area contributed by atoms with E-state index in [9.17, 15) is 9.90 Å². The predicted octanol–water partition coefficient (Wildman–Crippen LogP) is 1.97. The first-order valence-electron chi connectivity index (χ1n) is 4.66.